The molecule has 4 atom stereocenters. The Morgan fingerprint density at radius 1 is 1.33 bits per heavy atom. The van der Waals surface area contributed by atoms with Gasteiger partial charge in [-0.2, -0.15) is 0 Å². The molecule has 0 aromatic heterocycles. The summed E-state index contributed by atoms with van der Waals surface area (Å²) < 4.78 is 0. The average molecular weight is 167 g/mol. The van der Waals surface area contributed by atoms with Crippen molar-refractivity contribution in [3.8, 4) is 0 Å². The molecule has 0 aromatic rings. The minimum Gasteiger partial charge on any atom is -0.390 e. The monoisotopic (exact) mass is 167 g/mol. The number of rotatable bonds is 0. The maximum Gasteiger partial charge on any atom is 0.0693 e. The maximum atomic E-state index is 10.4. The van der Waals surface area contributed by atoms with Crippen LogP contribution in [0.3, 0.4) is 0 Å². The van der Waals surface area contributed by atoms with Crippen molar-refractivity contribution in [3.05, 3.63) is 0 Å². The number of hydrogen-bond acceptors (Lipinski definition) is 2. The van der Waals surface area contributed by atoms with Crippen LogP contribution in [0.2, 0.25) is 0 Å². The second-order valence-corrected chi connectivity index (χ2v) is 4.90. The van der Waals surface area contributed by atoms with Crippen LogP contribution in [0.25, 0.3) is 0 Å². The predicted molar refractivity (Wildman–Crippen MR) is 46.8 cm³/mol. The van der Waals surface area contributed by atoms with E-state index in [2.05, 4.69) is 5.32 Å². The molecule has 2 aliphatic carbocycles. The van der Waals surface area contributed by atoms with Gasteiger partial charge >= 0.3 is 0 Å². The Morgan fingerprint density at radius 2 is 2.25 bits per heavy atom. The molecule has 0 radical (unpaired) electrons. The largest absolute Gasteiger partial charge is 0.390 e. The summed E-state index contributed by atoms with van der Waals surface area (Å²) in [5, 5.41) is 13.9. The third-order valence-electron chi connectivity index (χ3n) is 4.25. The number of aliphatic hydroxyl groups is 1. The zero-order valence-electron chi connectivity index (χ0n) is 7.42. The summed E-state index contributed by atoms with van der Waals surface area (Å²) in [6, 6.07) is 0.649. The molecule has 68 valence electrons. The lowest BCUT2D eigenvalue weighted by Crippen LogP contribution is -2.46. The minimum atomic E-state index is -0.267. The smallest absolute Gasteiger partial charge is 0.0693 e. The van der Waals surface area contributed by atoms with Crippen molar-refractivity contribution in [1.82, 2.24) is 5.32 Å². The van der Waals surface area contributed by atoms with Gasteiger partial charge in [0.1, 0.15) is 0 Å². The number of hydrogen-bond donors (Lipinski definition) is 2. The highest BCUT2D eigenvalue weighted by Crippen LogP contribution is 2.50. The molecule has 12 heavy (non-hydrogen) atoms. The van der Waals surface area contributed by atoms with E-state index in [0.717, 1.165) is 25.3 Å². The SMILES string of the molecule is O[C@]12CC[C@H](C[C@@H]3NCC[C@@H]31)C2. The summed E-state index contributed by atoms with van der Waals surface area (Å²) in [5.74, 6) is 1.40. The fourth-order valence-electron chi connectivity index (χ4n) is 3.71. The van der Waals surface area contributed by atoms with Crippen molar-refractivity contribution in [2.24, 2.45) is 11.8 Å². The van der Waals surface area contributed by atoms with Gasteiger partial charge in [-0.05, 0) is 44.6 Å². The van der Waals surface area contributed by atoms with Crippen LogP contribution in [0.5, 0.6) is 0 Å². The van der Waals surface area contributed by atoms with E-state index in [1.807, 2.05) is 0 Å². The maximum absolute atomic E-state index is 10.4. The van der Waals surface area contributed by atoms with Crippen molar-refractivity contribution >= 4 is 0 Å². The van der Waals surface area contributed by atoms with Gasteiger partial charge in [-0.1, -0.05) is 0 Å². The molecule has 3 aliphatic rings. The first-order chi connectivity index (χ1) is 5.78. The van der Waals surface area contributed by atoms with Gasteiger partial charge in [0.25, 0.3) is 0 Å². The molecule has 0 amide bonds. The summed E-state index contributed by atoms with van der Waals surface area (Å²) >= 11 is 0. The van der Waals surface area contributed by atoms with Crippen molar-refractivity contribution in [2.45, 2.75) is 43.7 Å². The number of fused-ring (bicyclic) bond motifs is 4. The second kappa shape index (κ2) is 2.24. The van der Waals surface area contributed by atoms with Crippen LogP contribution in [-0.4, -0.2) is 23.3 Å². The molecule has 1 saturated heterocycles. The summed E-state index contributed by atoms with van der Waals surface area (Å²) in [6.45, 7) is 1.13. The van der Waals surface area contributed by atoms with E-state index in [0.29, 0.717) is 12.0 Å². The second-order valence-electron chi connectivity index (χ2n) is 4.90. The van der Waals surface area contributed by atoms with Crippen LogP contribution in [0.1, 0.15) is 32.1 Å². The standard InChI is InChI=1S/C10H17NO/c12-10-3-1-7(6-10)5-9-8(10)2-4-11-9/h7-9,11-12H,1-6H2/t7-,8+,9+,10+/m1/s1. The van der Waals surface area contributed by atoms with Crippen LogP contribution in [-0.2, 0) is 0 Å². The third-order valence-corrected chi connectivity index (χ3v) is 4.25. The van der Waals surface area contributed by atoms with E-state index in [1.54, 1.807) is 0 Å². The van der Waals surface area contributed by atoms with Crippen LogP contribution in [0.15, 0.2) is 0 Å². The van der Waals surface area contributed by atoms with E-state index in [4.69, 9.17) is 0 Å². The molecule has 2 saturated carbocycles. The lowest BCUT2D eigenvalue weighted by molar-refractivity contribution is -0.0369. The van der Waals surface area contributed by atoms with Crippen LogP contribution in [0.4, 0.5) is 0 Å². The van der Waals surface area contributed by atoms with Crippen molar-refractivity contribution in [2.75, 3.05) is 6.54 Å². The first-order valence-electron chi connectivity index (χ1n) is 5.24. The molecular weight excluding hydrogens is 150 g/mol. The molecule has 1 aliphatic heterocycles. The highest BCUT2D eigenvalue weighted by Gasteiger charge is 2.52. The van der Waals surface area contributed by atoms with Gasteiger partial charge < -0.3 is 10.4 Å². The van der Waals surface area contributed by atoms with Gasteiger partial charge in [0.2, 0.25) is 0 Å². The Morgan fingerprint density at radius 3 is 3.17 bits per heavy atom. The van der Waals surface area contributed by atoms with Gasteiger partial charge in [0.05, 0.1) is 5.60 Å². The zero-order valence-corrected chi connectivity index (χ0v) is 7.42. The van der Waals surface area contributed by atoms with Gasteiger partial charge in [-0.3, -0.25) is 0 Å². The molecule has 0 unspecified atom stereocenters. The number of nitrogens with one attached hydrogen (secondary N) is 1. The normalized spacial score (nSPS) is 57.2. The summed E-state index contributed by atoms with van der Waals surface area (Å²) in [5.41, 5.74) is -0.267. The van der Waals surface area contributed by atoms with Crippen molar-refractivity contribution < 1.29 is 5.11 Å². The Balaban J connectivity index is 1.92. The molecule has 0 spiro atoms. The minimum absolute atomic E-state index is 0.267. The van der Waals surface area contributed by atoms with Crippen LogP contribution in [0, 0.1) is 11.8 Å². The van der Waals surface area contributed by atoms with Gasteiger partial charge in [0.15, 0.2) is 0 Å². The van der Waals surface area contributed by atoms with E-state index < -0.39 is 0 Å². The third kappa shape index (κ3) is 0.826. The molecule has 2 bridgehead atoms. The Bertz CT molecular complexity index is 206. The molecular formula is C10H17NO. The van der Waals surface area contributed by atoms with E-state index in [-0.39, 0.29) is 5.60 Å². The predicted octanol–water partition coefficient (Wildman–Crippen LogP) is 0.899. The van der Waals surface area contributed by atoms with E-state index in [9.17, 15) is 5.11 Å². The Kier molecular flexibility index (Phi) is 1.37. The van der Waals surface area contributed by atoms with E-state index >= 15 is 0 Å². The fraction of sp³-hybridized carbons (Fsp3) is 1.00. The Hall–Kier alpha value is -0.0800. The highest BCUT2D eigenvalue weighted by molar-refractivity contribution is 5.06. The summed E-state index contributed by atoms with van der Waals surface area (Å²) in [4.78, 5) is 0. The molecule has 0 aromatic carbocycles. The van der Waals surface area contributed by atoms with Gasteiger partial charge in [-0.15, -0.1) is 0 Å². The molecule has 3 rings (SSSR count). The fourth-order valence-corrected chi connectivity index (χ4v) is 3.71. The lowest BCUT2D eigenvalue weighted by Gasteiger charge is -2.38. The van der Waals surface area contributed by atoms with Gasteiger partial charge in [-0.25, -0.2) is 0 Å². The van der Waals surface area contributed by atoms with Crippen LogP contribution < -0.4 is 5.32 Å². The molecule has 2 nitrogen and oxygen atoms in total. The van der Waals surface area contributed by atoms with E-state index in [1.165, 1.54) is 19.3 Å². The van der Waals surface area contributed by atoms with Crippen molar-refractivity contribution in [3.63, 3.8) is 0 Å². The van der Waals surface area contributed by atoms with Crippen molar-refractivity contribution in [1.29, 1.82) is 0 Å². The molecule has 3 fully saturated rings. The quantitative estimate of drug-likeness (QED) is 0.562. The first kappa shape index (κ1) is 7.34. The van der Waals surface area contributed by atoms with Gasteiger partial charge in [0, 0.05) is 12.0 Å². The first-order valence-corrected chi connectivity index (χ1v) is 5.24. The average Bonchev–Trinajstić information content (AvgIpc) is 2.59. The molecule has 2 heteroatoms. The topological polar surface area (TPSA) is 32.3 Å². The molecule has 2 N–H and O–H groups in total. The lowest BCUT2D eigenvalue weighted by atomic mass is 9.74. The van der Waals surface area contributed by atoms with Crippen LogP contribution >= 0.6 is 0 Å². The summed E-state index contributed by atoms with van der Waals surface area (Å²) in [6.07, 6.45) is 5.96. The zero-order chi connectivity index (χ0) is 8.18. The highest BCUT2D eigenvalue weighted by atomic mass is 16.3. The Labute approximate surface area is 73.4 Å². The summed E-state index contributed by atoms with van der Waals surface area (Å²) in [7, 11) is 0. The molecule has 1 heterocycles.